The summed E-state index contributed by atoms with van der Waals surface area (Å²) >= 11 is 0. The van der Waals surface area contributed by atoms with Crippen LogP contribution in [-0.4, -0.2) is 61.2 Å². The minimum Gasteiger partial charge on any atom is -0.371 e. The molecule has 1 aromatic rings. The van der Waals surface area contributed by atoms with E-state index in [2.05, 4.69) is 46.7 Å². The molecule has 0 N–H and O–H groups in total. The van der Waals surface area contributed by atoms with Crippen molar-refractivity contribution in [1.29, 1.82) is 0 Å². The van der Waals surface area contributed by atoms with Gasteiger partial charge in [0.25, 0.3) is 0 Å². The van der Waals surface area contributed by atoms with Gasteiger partial charge in [-0.05, 0) is 95.3 Å². The van der Waals surface area contributed by atoms with Crippen molar-refractivity contribution in [3.8, 4) is 0 Å². The lowest BCUT2D eigenvalue weighted by Gasteiger charge is -2.44. The van der Waals surface area contributed by atoms with E-state index in [9.17, 15) is 0 Å². The van der Waals surface area contributed by atoms with Crippen molar-refractivity contribution in [3.05, 3.63) is 29.3 Å². The third-order valence-corrected chi connectivity index (χ3v) is 6.64. The third kappa shape index (κ3) is 4.03. The normalized spacial score (nSPS) is 27.1. The van der Waals surface area contributed by atoms with Crippen molar-refractivity contribution < 1.29 is 0 Å². The number of benzene rings is 1. The van der Waals surface area contributed by atoms with Crippen molar-refractivity contribution in [2.24, 2.45) is 0 Å². The van der Waals surface area contributed by atoms with Gasteiger partial charge in [-0.15, -0.1) is 0 Å². The van der Waals surface area contributed by atoms with Crippen molar-refractivity contribution in [3.63, 3.8) is 0 Å². The molecule has 0 aromatic heterocycles. The molecule has 0 radical (unpaired) electrons. The van der Waals surface area contributed by atoms with E-state index in [1.165, 1.54) is 94.6 Å². The van der Waals surface area contributed by atoms with Crippen LogP contribution < -0.4 is 4.90 Å². The summed E-state index contributed by atoms with van der Waals surface area (Å²) in [5.74, 6) is 0. The van der Waals surface area contributed by atoms with Crippen LogP contribution in [0.25, 0.3) is 0 Å². The van der Waals surface area contributed by atoms with Gasteiger partial charge in [-0.3, -0.25) is 9.80 Å². The van der Waals surface area contributed by atoms with Gasteiger partial charge in [0.05, 0.1) is 0 Å². The van der Waals surface area contributed by atoms with Crippen LogP contribution in [0.5, 0.6) is 0 Å². The number of hydrogen-bond acceptors (Lipinski definition) is 3. The zero-order valence-corrected chi connectivity index (χ0v) is 16.2. The van der Waals surface area contributed by atoms with E-state index in [1.54, 1.807) is 0 Å². The summed E-state index contributed by atoms with van der Waals surface area (Å²) in [6.45, 7) is 12.2. The first-order chi connectivity index (χ1) is 12.2. The minimum absolute atomic E-state index is 0.813. The average Bonchev–Trinajstić information content (AvgIpc) is 3.16. The monoisotopic (exact) mass is 341 g/mol. The largest absolute Gasteiger partial charge is 0.371 e. The molecule has 3 heterocycles. The zero-order valence-electron chi connectivity index (χ0n) is 16.2. The quantitative estimate of drug-likeness (QED) is 0.827. The topological polar surface area (TPSA) is 9.72 Å². The fourth-order valence-electron chi connectivity index (χ4n) is 5.34. The van der Waals surface area contributed by atoms with Crippen LogP contribution in [0, 0.1) is 13.8 Å². The van der Waals surface area contributed by atoms with E-state index in [4.69, 9.17) is 0 Å². The summed E-state index contributed by atoms with van der Waals surface area (Å²) in [4.78, 5) is 8.22. The number of hydrogen-bond donors (Lipinski definition) is 0. The summed E-state index contributed by atoms with van der Waals surface area (Å²) in [6, 6.07) is 8.65. The molecule has 1 aromatic carbocycles. The van der Waals surface area contributed by atoms with E-state index in [0.29, 0.717) is 0 Å². The number of anilines is 1. The molecule has 3 saturated heterocycles. The second kappa shape index (κ2) is 7.67. The first-order valence-corrected chi connectivity index (χ1v) is 10.5. The smallest absolute Gasteiger partial charge is 0.0371 e. The highest BCUT2D eigenvalue weighted by Gasteiger charge is 2.32. The minimum atomic E-state index is 0.813. The third-order valence-electron chi connectivity index (χ3n) is 6.64. The molecule has 3 nitrogen and oxygen atoms in total. The molecule has 0 bridgehead atoms. The lowest BCUT2D eigenvalue weighted by molar-refractivity contribution is 0.0736. The number of piperidine rings is 2. The van der Waals surface area contributed by atoms with Gasteiger partial charge in [-0.1, -0.05) is 6.07 Å². The number of nitrogens with zero attached hydrogens (tertiary/aromatic N) is 3. The van der Waals surface area contributed by atoms with Crippen LogP contribution in [0.1, 0.15) is 49.7 Å². The van der Waals surface area contributed by atoms with Gasteiger partial charge in [0.2, 0.25) is 0 Å². The molecule has 3 aliphatic rings. The van der Waals surface area contributed by atoms with Crippen molar-refractivity contribution in [2.45, 2.75) is 64.5 Å². The maximum atomic E-state index is 2.84. The Balaban J connectivity index is 1.33. The Morgan fingerprint density at radius 3 is 2.00 bits per heavy atom. The van der Waals surface area contributed by atoms with E-state index in [-0.39, 0.29) is 0 Å². The van der Waals surface area contributed by atoms with Gasteiger partial charge < -0.3 is 4.90 Å². The lowest BCUT2D eigenvalue weighted by atomic mass is 9.96. The molecule has 3 aliphatic heterocycles. The molecular formula is C22H35N3. The van der Waals surface area contributed by atoms with Crippen LogP contribution >= 0.6 is 0 Å². The first kappa shape index (κ1) is 17.4. The second-order valence-corrected chi connectivity index (χ2v) is 8.60. The van der Waals surface area contributed by atoms with Gasteiger partial charge in [-0.25, -0.2) is 0 Å². The predicted molar refractivity (Wildman–Crippen MR) is 107 cm³/mol. The van der Waals surface area contributed by atoms with Crippen molar-refractivity contribution in [2.75, 3.05) is 44.2 Å². The van der Waals surface area contributed by atoms with Crippen LogP contribution in [0.4, 0.5) is 5.69 Å². The summed E-state index contributed by atoms with van der Waals surface area (Å²) < 4.78 is 0. The maximum Gasteiger partial charge on any atom is 0.0371 e. The van der Waals surface area contributed by atoms with E-state index in [0.717, 1.165) is 12.1 Å². The Labute approximate surface area is 154 Å². The molecule has 3 fully saturated rings. The Morgan fingerprint density at radius 2 is 1.32 bits per heavy atom. The zero-order chi connectivity index (χ0) is 17.2. The molecule has 1 unspecified atom stereocenters. The van der Waals surface area contributed by atoms with Gasteiger partial charge in [0, 0.05) is 37.4 Å². The molecule has 25 heavy (non-hydrogen) atoms. The van der Waals surface area contributed by atoms with Gasteiger partial charge in [0.1, 0.15) is 0 Å². The van der Waals surface area contributed by atoms with Crippen LogP contribution in [0.2, 0.25) is 0 Å². The first-order valence-electron chi connectivity index (χ1n) is 10.5. The van der Waals surface area contributed by atoms with Crippen LogP contribution in [0.15, 0.2) is 18.2 Å². The highest BCUT2D eigenvalue weighted by molar-refractivity contribution is 5.51. The van der Waals surface area contributed by atoms with Gasteiger partial charge >= 0.3 is 0 Å². The fourth-order valence-corrected chi connectivity index (χ4v) is 5.34. The average molecular weight is 342 g/mol. The van der Waals surface area contributed by atoms with Gasteiger partial charge in [0.15, 0.2) is 0 Å². The molecule has 1 atom stereocenters. The van der Waals surface area contributed by atoms with E-state index < -0.39 is 0 Å². The Bertz CT molecular complexity index is 550. The summed E-state index contributed by atoms with van der Waals surface area (Å²) in [7, 11) is 0. The summed E-state index contributed by atoms with van der Waals surface area (Å²) in [6.07, 6.45) is 8.34. The predicted octanol–water partition coefficient (Wildman–Crippen LogP) is 3.83. The van der Waals surface area contributed by atoms with Crippen LogP contribution in [0.3, 0.4) is 0 Å². The molecule has 0 aliphatic carbocycles. The van der Waals surface area contributed by atoms with Crippen LogP contribution in [-0.2, 0) is 0 Å². The van der Waals surface area contributed by atoms with Crippen molar-refractivity contribution in [1.82, 2.24) is 9.80 Å². The summed E-state index contributed by atoms with van der Waals surface area (Å²) in [5.41, 5.74) is 4.22. The molecule has 0 amide bonds. The second-order valence-electron chi connectivity index (χ2n) is 8.60. The Kier molecular flexibility index (Phi) is 5.33. The van der Waals surface area contributed by atoms with E-state index >= 15 is 0 Å². The van der Waals surface area contributed by atoms with Gasteiger partial charge in [-0.2, -0.15) is 0 Å². The Hall–Kier alpha value is -1.06. The standard InChI is InChI=1S/C22H35N3/c1-18-14-19(2)16-22(15-18)24-12-7-20(8-13-24)25-11-5-6-21(17-25)23-9-3-4-10-23/h14-16,20-21H,3-13,17H2,1-2H3. The molecule has 0 saturated carbocycles. The molecule has 0 spiro atoms. The molecule has 3 heteroatoms. The fraction of sp³-hybridized carbons (Fsp3) is 0.727. The Morgan fingerprint density at radius 1 is 0.680 bits per heavy atom. The highest BCUT2D eigenvalue weighted by atomic mass is 15.3. The maximum absolute atomic E-state index is 2.84. The SMILES string of the molecule is Cc1cc(C)cc(N2CCC(N3CCCC(N4CCCC4)C3)CC2)c1. The molecular weight excluding hydrogens is 306 g/mol. The number of rotatable bonds is 3. The lowest BCUT2D eigenvalue weighted by Crippen LogP contribution is -2.53. The molecule has 4 rings (SSSR count). The number of aryl methyl sites for hydroxylation is 2. The summed E-state index contributed by atoms with van der Waals surface area (Å²) in [5, 5.41) is 0. The molecule has 138 valence electrons. The number of likely N-dealkylation sites (tertiary alicyclic amines) is 2. The highest BCUT2D eigenvalue weighted by Crippen LogP contribution is 2.28. The van der Waals surface area contributed by atoms with Crippen molar-refractivity contribution >= 4 is 5.69 Å². The van der Waals surface area contributed by atoms with E-state index in [1.807, 2.05) is 0 Å².